The Labute approximate surface area is 106 Å². The van der Waals surface area contributed by atoms with Gasteiger partial charge in [0.1, 0.15) is 5.78 Å². The molecule has 0 bridgehead atoms. The third-order valence-corrected chi connectivity index (χ3v) is 2.49. The summed E-state index contributed by atoms with van der Waals surface area (Å²) in [5.41, 5.74) is 0. The highest BCUT2D eigenvalue weighted by Gasteiger charge is 2.24. The van der Waals surface area contributed by atoms with Crippen LogP contribution in [0.3, 0.4) is 0 Å². The fourth-order valence-corrected chi connectivity index (χ4v) is 1.56. The van der Waals surface area contributed by atoms with Gasteiger partial charge in [-0.1, -0.05) is 6.08 Å². The van der Waals surface area contributed by atoms with Crippen LogP contribution < -0.4 is 0 Å². The highest BCUT2D eigenvalue weighted by atomic mass is 16.5. The van der Waals surface area contributed by atoms with E-state index in [2.05, 4.69) is 4.74 Å². The monoisotopic (exact) mass is 254 g/mol. The Bertz CT molecular complexity index is 365. The lowest BCUT2D eigenvalue weighted by atomic mass is 10.3. The van der Waals surface area contributed by atoms with Gasteiger partial charge in [0, 0.05) is 25.7 Å². The van der Waals surface area contributed by atoms with Gasteiger partial charge in [0.15, 0.2) is 0 Å². The second-order valence-electron chi connectivity index (χ2n) is 4.05. The molecule has 0 spiro atoms. The van der Waals surface area contributed by atoms with E-state index < -0.39 is 11.9 Å². The first-order valence-corrected chi connectivity index (χ1v) is 5.90. The normalized spacial score (nSPS) is 15.6. The van der Waals surface area contributed by atoms with Crippen molar-refractivity contribution in [2.24, 2.45) is 0 Å². The van der Waals surface area contributed by atoms with Crippen molar-refractivity contribution < 1.29 is 19.1 Å². The van der Waals surface area contributed by atoms with Crippen molar-refractivity contribution in [3.8, 4) is 0 Å². The summed E-state index contributed by atoms with van der Waals surface area (Å²) >= 11 is 0. The van der Waals surface area contributed by atoms with Gasteiger partial charge < -0.3 is 4.74 Å². The Morgan fingerprint density at radius 2 is 2.06 bits per heavy atom. The second-order valence-corrected chi connectivity index (χ2v) is 4.05. The summed E-state index contributed by atoms with van der Waals surface area (Å²) < 4.78 is 4.65. The van der Waals surface area contributed by atoms with Crippen LogP contribution in [-0.4, -0.2) is 53.8 Å². The molecule has 0 unspecified atom stereocenters. The van der Waals surface area contributed by atoms with E-state index in [1.165, 1.54) is 11.8 Å². The fraction of sp³-hybridized carbons (Fsp3) is 0.583. The van der Waals surface area contributed by atoms with E-state index >= 15 is 0 Å². The lowest BCUT2D eigenvalue weighted by Crippen LogP contribution is -2.45. The topological polar surface area (TPSA) is 66.9 Å². The van der Waals surface area contributed by atoms with Crippen LogP contribution in [0.4, 0.5) is 0 Å². The molecule has 18 heavy (non-hydrogen) atoms. The quantitative estimate of drug-likeness (QED) is 0.527. The van der Waals surface area contributed by atoms with Crippen LogP contribution in [0.15, 0.2) is 12.3 Å². The van der Waals surface area contributed by atoms with Gasteiger partial charge in [-0.25, -0.2) is 4.79 Å². The molecule has 0 N–H and O–H groups in total. The van der Waals surface area contributed by atoms with Crippen molar-refractivity contribution in [3.63, 3.8) is 0 Å². The van der Waals surface area contributed by atoms with E-state index in [0.29, 0.717) is 26.2 Å². The van der Waals surface area contributed by atoms with E-state index in [-0.39, 0.29) is 12.4 Å². The Balaban J connectivity index is 2.50. The number of esters is 1. The summed E-state index contributed by atoms with van der Waals surface area (Å²) in [5, 5.41) is 0. The molecule has 6 nitrogen and oxygen atoms in total. The van der Waals surface area contributed by atoms with Crippen LogP contribution in [0.1, 0.15) is 20.3 Å². The van der Waals surface area contributed by atoms with Crippen LogP contribution >= 0.6 is 0 Å². The number of amides is 1. The molecule has 0 saturated carbocycles. The summed E-state index contributed by atoms with van der Waals surface area (Å²) in [4.78, 5) is 37.1. The molecule has 0 aromatic carbocycles. The molecular weight excluding hydrogens is 236 g/mol. The number of Topliss-reactive ketones (excluding diaryl/α,β-unsaturated/α-hetero) is 1. The first-order valence-electron chi connectivity index (χ1n) is 5.90. The van der Waals surface area contributed by atoms with Gasteiger partial charge in [0.25, 0.3) is 0 Å². The van der Waals surface area contributed by atoms with E-state index in [1.54, 1.807) is 19.2 Å². The molecule has 1 rings (SSSR count). The van der Waals surface area contributed by atoms with E-state index in [9.17, 15) is 14.4 Å². The van der Waals surface area contributed by atoms with Gasteiger partial charge in [-0.15, -0.1) is 0 Å². The number of nitrogens with zero attached hydrogens (tertiary/aromatic N) is 2. The van der Waals surface area contributed by atoms with Crippen molar-refractivity contribution in [2.75, 3.05) is 26.4 Å². The lowest BCUT2D eigenvalue weighted by Gasteiger charge is -2.30. The summed E-state index contributed by atoms with van der Waals surface area (Å²) in [5.74, 6) is -1.43. The molecule has 0 atom stereocenters. The first-order chi connectivity index (χ1) is 8.54. The number of hydrogen-bond acceptors (Lipinski definition) is 5. The molecule has 0 aliphatic carbocycles. The summed E-state index contributed by atoms with van der Waals surface area (Å²) in [7, 11) is 0. The second kappa shape index (κ2) is 6.90. The fourth-order valence-electron chi connectivity index (χ4n) is 1.56. The minimum absolute atomic E-state index is 0.104. The molecule has 6 heteroatoms. The molecule has 0 saturated heterocycles. The largest absolute Gasteiger partial charge is 0.459 e. The molecule has 0 aromatic heterocycles. The summed E-state index contributed by atoms with van der Waals surface area (Å²) in [6.07, 6.45) is 3.79. The van der Waals surface area contributed by atoms with Gasteiger partial charge >= 0.3 is 11.9 Å². The molecule has 0 aromatic rings. The summed E-state index contributed by atoms with van der Waals surface area (Å²) in [6, 6.07) is 0. The number of carbonyl (C=O) groups is 3. The SMILES string of the molecule is CCOC(=O)C(=O)N1C=CCN(CCC(C)=O)C1. The van der Waals surface area contributed by atoms with Crippen LogP contribution in [-0.2, 0) is 19.1 Å². The number of rotatable bonds is 4. The Hall–Kier alpha value is -1.69. The van der Waals surface area contributed by atoms with Crippen molar-refractivity contribution in [3.05, 3.63) is 12.3 Å². The Morgan fingerprint density at radius 1 is 1.33 bits per heavy atom. The predicted molar refractivity (Wildman–Crippen MR) is 64.4 cm³/mol. The molecule has 0 radical (unpaired) electrons. The van der Waals surface area contributed by atoms with Gasteiger partial charge in [-0.05, 0) is 13.8 Å². The summed E-state index contributed by atoms with van der Waals surface area (Å²) in [6.45, 7) is 4.90. The zero-order chi connectivity index (χ0) is 13.5. The highest BCUT2D eigenvalue weighted by Crippen LogP contribution is 2.05. The van der Waals surface area contributed by atoms with Gasteiger partial charge in [-0.3, -0.25) is 19.4 Å². The van der Waals surface area contributed by atoms with E-state index in [4.69, 9.17) is 0 Å². The zero-order valence-corrected chi connectivity index (χ0v) is 10.7. The highest BCUT2D eigenvalue weighted by molar-refractivity contribution is 6.32. The maximum absolute atomic E-state index is 11.7. The number of carbonyl (C=O) groups excluding carboxylic acids is 3. The average Bonchev–Trinajstić information content (AvgIpc) is 2.36. The molecule has 1 amide bonds. The Kier molecular flexibility index (Phi) is 5.51. The van der Waals surface area contributed by atoms with Crippen molar-refractivity contribution in [2.45, 2.75) is 20.3 Å². The molecule has 1 aliphatic heterocycles. The van der Waals surface area contributed by atoms with Crippen LogP contribution in [0, 0.1) is 0 Å². The smallest absolute Gasteiger partial charge is 0.397 e. The first kappa shape index (κ1) is 14.4. The molecule has 100 valence electrons. The van der Waals surface area contributed by atoms with Gasteiger partial charge in [0.05, 0.1) is 13.3 Å². The Morgan fingerprint density at radius 3 is 2.67 bits per heavy atom. The van der Waals surface area contributed by atoms with Crippen LogP contribution in [0.25, 0.3) is 0 Å². The van der Waals surface area contributed by atoms with Crippen molar-refractivity contribution >= 4 is 17.7 Å². The number of ether oxygens (including phenoxy) is 1. The molecule has 1 aliphatic rings. The van der Waals surface area contributed by atoms with Crippen molar-refractivity contribution in [1.82, 2.24) is 9.80 Å². The van der Waals surface area contributed by atoms with E-state index in [1.807, 2.05) is 4.90 Å². The van der Waals surface area contributed by atoms with Gasteiger partial charge in [0.2, 0.25) is 0 Å². The minimum atomic E-state index is -0.851. The van der Waals surface area contributed by atoms with Crippen LogP contribution in [0.5, 0.6) is 0 Å². The third kappa shape index (κ3) is 4.29. The third-order valence-electron chi connectivity index (χ3n) is 2.49. The number of hydrogen-bond donors (Lipinski definition) is 0. The molecule has 0 fully saturated rings. The maximum Gasteiger partial charge on any atom is 0.397 e. The maximum atomic E-state index is 11.7. The predicted octanol–water partition coefficient (Wildman–Crippen LogP) is 0.144. The van der Waals surface area contributed by atoms with Crippen LogP contribution in [0.2, 0.25) is 0 Å². The van der Waals surface area contributed by atoms with E-state index in [0.717, 1.165) is 0 Å². The van der Waals surface area contributed by atoms with Gasteiger partial charge in [-0.2, -0.15) is 0 Å². The minimum Gasteiger partial charge on any atom is -0.459 e. The number of ketones is 1. The molecule has 1 heterocycles. The molecular formula is C12H18N2O4. The standard InChI is InChI=1S/C12H18N2O4/c1-3-18-12(17)11(16)14-7-4-6-13(9-14)8-5-10(2)15/h4,7H,3,5-6,8-9H2,1-2H3. The zero-order valence-electron chi connectivity index (χ0n) is 10.7. The average molecular weight is 254 g/mol. The lowest BCUT2D eigenvalue weighted by molar-refractivity contribution is -0.159. The van der Waals surface area contributed by atoms with Crippen molar-refractivity contribution in [1.29, 1.82) is 0 Å².